The quantitative estimate of drug-likeness (QED) is 0.549. The molecule has 7 heteroatoms. The highest BCUT2D eigenvalue weighted by molar-refractivity contribution is 9.10. The van der Waals surface area contributed by atoms with Crippen molar-refractivity contribution >= 4 is 39.8 Å². The summed E-state index contributed by atoms with van der Waals surface area (Å²) in [6.07, 6.45) is 3.16. The van der Waals surface area contributed by atoms with E-state index < -0.39 is 23.8 Å². The maximum absolute atomic E-state index is 12.8. The molecule has 2 aromatic rings. The minimum absolute atomic E-state index is 0.0503. The van der Waals surface area contributed by atoms with Gasteiger partial charge in [0, 0.05) is 10.0 Å². The Balaban J connectivity index is 2.28. The molecule has 30 heavy (non-hydrogen) atoms. The van der Waals surface area contributed by atoms with Gasteiger partial charge in [0.15, 0.2) is 0 Å². The number of rotatable bonds is 9. The van der Waals surface area contributed by atoms with E-state index in [1.165, 1.54) is 6.08 Å². The number of carbonyl (C=O) groups is 3. The standard InChI is InChI=1S/C23H25BrN2O4/c1-3-4-5-19(23(29)30)25-22(28)20(14-16-8-12-18(24)13-9-16)26-21(27)17-10-6-15(2)7-11-17/h6-14,19H,3-5H2,1-2H3,(H,25,28)(H,26,27)(H,29,30)/p-1/b20-14-/t19-/m1/s1. The lowest BCUT2D eigenvalue weighted by Crippen LogP contribution is -2.49. The lowest BCUT2D eigenvalue weighted by Gasteiger charge is -2.20. The maximum Gasteiger partial charge on any atom is 0.268 e. The van der Waals surface area contributed by atoms with Crippen LogP contribution in [0.4, 0.5) is 0 Å². The van der Waals surface area contributed by atoms with Gasteiger partial charge in [-0.3, -0.25) is 9.59 Å². The van der Waals surface area contributed by atoms with E-state index in [4.69, 9.17) is 0 Å². The third-order valence-electron chi connectivity index (χ3n) is 4.42. The number of aryl methyl sites for hydroxylation is 1. The Bertz CT molecular complexity index is 921. The summed E-state index contributed by atoms with van der Waals surface area (Å²) in [7, 11) is 0. The molecule has 0 bridgehead atoms. The van der Waals surface area contributed by atoms with Crippen LogP contribution in [0.2, 0.25) is 0 Å². The first-order valence-corrected chi connectivity index (χ1v) is 10.5. The van der Waals surface area contributed by atoms with Gasteiger partial charge in [-0.15, -0.1) is 0 Å². The molecule has 0 saturated carbocycles. The summed E-state index contributed by atoms with van der Waals surface area (Å²) >= 11 is 3.35. The molecule has 0 fully saturated rings. The topological polar surface area (TPSA) is 98.3 Å². The van der Waals surface area contributed by atoms with Crippen LogP contribution in [0.3, 0.4) is 0 Å². The summed E-state index contributed by atoms with van der Waals surface area (Å²) < 4.78 is 0.867. The van der Waals surface area contributed by atoms with E-state index in [0.717, 1.165) is 16.5 Å². The highest BCUT2D eigenvalue weighted by Gasteiger charge is 2.19. The summed E-state index contributed by atoms with van der Waals surface area (Å²) in [6, 6.07) is 12.9. The predicted octanol–water partition coefficient (Wildman–Crippen LogP) is 2.95. The third kappa shape index (κ3) is 7.15. The molecule has 2 rings (SSSR count). The van der Waals surface area contributed by atoms with E-state index in [-0.39, 0.29) is 12.1 Å². The van der Waals surface area contributed by atoms with Crippen LogP contribution in [0.1, 0.15) is 47.7 Å². The van der Waals surface area contributed by atoms with Crippen molar-refractivity contribution in [2.45, 2.75) is 39.2 Å². The fraction of sp³-hybridized carbons (Fsp3) is 0.261. The number of halogens is 1. The van der Waals surface area contributed by atoms with Gasteiger partial charge in [-0.1, -0.05) is 65.5 Å². The zero-order valence-electron chi connectivity index (χ0n) is 16.9. The van der Waals surface area contributed by atoms with E-state index in [1.807, 2.05) is 13.8 Å². The zero-order valence-corrected chi connectivity index (χ0v) is 18.5. The number of carbonyl (C=O) groups excluding carboxylic acids is 3. The lowest BCUT2D eigenvalue weighted by molar-refractivity contribution is -0.308. The first kappa shape index (κ1) is 23.3. The molecule has 6 nitrogen and oxygen atoms in total. The molecule has 1 atom stereocenters. The number of unbranched alkanes of at least 4 members (excludes halogenated alkanes) is 1. The van der Waals surface area contributed by atoms with E-state index in [0.29, 0.717) is 17.5 Å². The fourth-order valence-electron chi connectivity index (χ4n) is 2.68. The molecule has 0 aliphatic carbocycles. The lowest BCUT2D eigenvalue weighted by atomic mass is 10.1. The van der Waals surface area contributed by atoms with Crippen LogP contribution >= 0.6 is 15.9 Å². The Labute approximate surface area is 184 Å². The summed E-state index contributed by atoms with van der Waals surface area (Å²) in [5.74, 6) is -2.51. The number of hydrogen-bond donors (Lipinski definition) is 2. The van der Waals surface area contributed by atoms with Gasteiger partial charge in [0.05, 0.1) is 12.0 Å². The Kier molecular flexibility index (Phi) is 8.80. The molecule has 0 spiro atoms. The number of benzene rings is 2. The summed E-state index contributed by atoms with van der Waals surface area (Å²) in [6.45, 7) is 3.83. The van der Waals surface area contributed by atoms with E-state index in [2.05, 4.69) is 26.6 Å². The molecule has 2 N–H and O–H groups in total. The molecule has 0 saturated heterocycles. The number of amides is 2. The van der Waals surface area contributed by atoms with Crippen LogP contribution in [-0.2, 0) is 9.59 Å². The fourth-order valence-corrected chi connectivity index (χ4v) is 2.94. The van der Waals surface area contributed by atoms with Gasteiger partial charge in [-0.25, -0.2) is 0 Å². The van der Waals surface area contributed by atoms with Crippen LogP contribution in [0.15, 0.2) is 58.7 Å². The number of carboxylic acids is 1. The van der Waals surface area contributed by atoms with Crippen LogP contribution in [-0.4, -0.2) is 23.8 Å². The molecule has 0 radical (unpaired) electrons. The predicted molar refractivity (Wildman–Crippen MR) is 117 cm³/mol. The second-order valence-corrected chi connectivity index (χ2v) is 7.83. The molecule has 2 amide bonds. The van der Waals surface area contributed by atoms with E-state index in [9.17, 15) is 19.5 Å². The van der Waals surface area contributed by atoms with Crippen molar-refractivity contribution in [2.24, 2.45) is 0 Å². The summed E-state index contributed by atoms with van der Waals surface area (Å²) in [5, 5.41) is 16.5. The molecule has 0 unspecified atom stereocenters. The highest BCUT2D eigenvalue weighted by Crippen LogP contribution is 2.14. The first-order valence-electron chi connectivity index (χ1n) is 9.67. The molecule has 0 aromatic heterocycles. The van der Waals surface area contributed by atoms with Crippen molar-refractivity contribution in [2.75, 3.05) is 0 Å². The Morgan fingerprint density at radius 2 is 1.70 bits per heavy atom. The van der Waals surface area contributed by atoms with Crippen molar-refractivity contribution < 1.29 is 19.5 Å². The van der Waals surface area contributed by atoms with Crippen LogP contribution in [0.25, 0.3) is 6.08 Å². The minimum atomic E-state index is -1.36. The van der Waals surface area contributed by atoms with Gasteiger partial charge < -0.3 is 20.5 Å². The number of hydrogen-bond acceptors (Lipinski definition) is 4. The zero-order chi connectivity index (χ0) is 22.1. The van der Waals surface area contributed by atoms with E-state index >= 15 is 0 Å². The molecule has 158 valence electrons. The van der Waals surface area contributed by atoms with Gasteiger partial charge in [0.1, 0.15) is 5.70 Å². The van der Waals surface area contributed by atoms with Gasteiger partial charge >= 0.3 is 0 Å². The van der Waals surface area contributed by atoms with Crippen LogP contribution in [0.5, 0.6) is 0 Å². The highest BCUT2D eigenvalue weighted by atomic mass is 79.9. The Morgan fingerprint density at radius 3 is 2.27 bits per heavy atom. The largest absolute Gasteiger partial charge is 0.548 e. The van der Waals surface area contributed by atoms with Crippen molar-refractivity contribution in [3.8, 4) is 0 Å². The average molecular weight is 472 g/mol. The van der Waals surface area contributed by atoms with Gasteiger partial charge in [-0.05, 0) is 49.2 Å². The Hall–Kier alpha value is -2.93. The van der Waals surface area contributed by atoms with Gasteiger partial charge in [-0.2, -0.15) is 0 Å². The van der Waals surface area contributed by atoms with Gasteiger partial charge in [0.2, 0.25) is 0 Å². The molecule has 0 heterocycles. The van der Waals surface area contributed by atoms with Crippen LogP contribution < -0.4 is 15.7 Å². The third-order valence-corrected chi connectivity index (χ3v) is 4.95. The smallest absolute Gasteiger partial charge is 0.268 e. The van der Waals surface area contributed by atoms with E-state index in [1.54, 1.807) is 48.5 Å². The maximum atomic E-state index is 12.8. The molecule has 0 aliphatic rings. The molecular weight excluding hydrogens is 448 g/mol. The van der Waals surface area contributed by atoms with Crippen molar-refractivity contribution in [3.63, 3.8) is 0 Å². The molecular formula is C23H24BrN2O4-. The number of nitrogens with one attached hydrogen (secondary N) is 2. The van der Waals surface area contributed by atoms with Gasteiger partial charge in [0.25, 0.3) is 11.8 Å². The number of carboxylic acid groups (broad SMARTS) is 1. The average Bonchev–Trinajstić information content (AvgIpc) is 2.72. The normalized spacial score (nSPS) is 12.2. The first-order chi connectivity index (χ1) is 14.3. The summed E-state index contributed by atoms with van der Waals surface area (Å²) in [4.78, 5) is 36.9. The van der Waals surface area contributed by atoms with Crippen LogP contribution in [0, 0.1) is 6.92 Å². The van der Waals surface area contributed by atoms with Crippen molar-refractivity contribution in [3.05, 3.63) is 75.4 Å². The second kappa shape index (κ2) is 11.3. The monoisotopic (exact) mass is 471 g/mol. The summed E-state index contributed by atoms with van der Waals surface area (Å²) in [5.41, 5.74) is 2.01. The second-order valence-electron chi connectivity index (χ2n) is 6.92. The van der Waals surface area contributed by atoms with Crippen molar-refractivity contribution in [1.29, 1.82) is 0 Å². The van der Waals surface area contributed by atoms with Crippen molar-refractivity contribution in [1.82, 2.24) is 10.6 Å². The molecule has 2 aromatic carbocycles. The Morgan fingerprint density at radius 1 is 1.07 bits per heavy atom. The minimum Gasteiger partial charge on any atom is -0.548 e. The number of aliphatic carboxylic acids is 1. The molecule has 0 aliphatic heterocycles. The SMILES string of the molecule is CCCC[C@@H](NC(=O)/C(=C/c1ccc(Br)cc1)NC(=O)c1ccc(C)cc1)C(=O)[O-].